The summed E-state index contributed by atoms with van der Waals surface area (Å²) in [7, 11) is 0. The number of anilines is 1. The number of halogens is 1. The van der Waals surface area contributed by atoms with Gasteiger partial charge in [-0.05, 0) is 31.2 Å². The molecule has 2 amide bonds. The molecule has 17 heavy (non-hydrogen) atoms. The summed E-state index contributed by atoms with van der Waals surface area (Å²) in [4.78, 5) is 11.6. The molecule has 0 atom stereocenters. The van der Waals surface area contributed by atoms with Crippen molar-refractivity contribution >= 4 is 23.3 Å². The number of hydrazine groups is 1. The van der Waals surface area contributed by atoms with Gasteiger partial charge in [-0.2, -0.15) is 0 Å². The van der Waals surface area contributed by atoms with Gasteiger partial charge in [0, 0.05) is 10.7 Å². The van der Waals surface area contributed by atoms with Gasteiger partial charge in [-0.15, -0.1) is 0 Å². The highest BCUT2D eigenvalue weighted by Crippen LogP contribution is 2.13. The Morgan fingerprint density at radius 3 is 2.71 bits per heavy atom. The van der Waals surface area contributed by atoms with Gasteiger partial charge in [0.2, 0.25) is 0 Å². The molecule has 1 heterocycles. The summed E-state index contributed by atoms with van der Waals surface area (Å²) in [6, 6.07) is 6.54. The van der Waals surface area contributed by atoms with Gasteiger partial charge in [-0.3, -0.25) is 5.01 Å². The second-order valence-electron chi connectivity index (χ2n) is 3.56. The minimum absolute atomic E-state index is 0.319. The van der Waals surface area contributed by atoms with Crippen molar-refractivity contribution in [1.82, 2.24) is 10.4 Å². The zero-order valence-electron chi connectivity index (χ0n) is 9.24. The quantitative estimate of drug-likeness (QED) is 0.852. The largest absolute Gasteiger partial charge is 0.474 e. The molecule has 0 spiro atoms. The third-order valence-corrected chi connectivity index (χ3v) is 2.37. The third kappa shape index (κ3) is 3.29. The number of urea groups is 1. The van der Waals surface area contributed by atoms with E-state index in [4.69, 9.17) is 16.3 Å². The van der Waals surface area contributed by atoms with Gasteiger partial charge in [-0.25, -0.2) is 10.2 Å². The summed E-state index contributed by atoms with van der Waals surface area (Å²) in [5, 5.41) is 4.86. The Bertz CT molecular complexity index is 445. The average molecular weight is 254 g/mol. The maximum Gasteiger partial charge on any atom is 0.338 e. The fourth-order valence-electron chi connectivity index (χ4n) is 1.35. The van der Waals surface area contributed by atoms with Gasteiger partial charge in [0.15, 0.2) is 6.73 Å². The van der Waals surface area contributed by atoms with E-state index in [1.54, 1.807) is 35.5 Å². The van der Waals surface area contributed by atoms with Crippen molar-refractivity contribution in [3.8, 4) is 0 Å². The van der Waals surface area contributed by atoms with Crippen molar-refractivity contribution < 1.29 is 9.53 Å². The molecule has 0 aromatic heterocycles. The Kier molecular flexibility index (Phi) is 3.39. The molecule has 1 aromatic rings. The van der Waals surface area contributed by atoms with Gasteiger partial charge >= 0.3 is 6.03 Å². The van der Waals surface area contributed by atoms with Crippen LogP contribution in [0, 0.1) is 0 Å². The van der Waals surface area contributed by atoms with E-state index in [9.17, 15) is 4.79 Å². The number of carbonyl (C=O) groups is 1. The van der Waals surface area contributed by atoms with E-state index in [0.717, 1.165) is 5.76 Å². The van der Waals surface area contributed by atoms with Crippen LogP contribution in [-0.2, 0) is 4.74 Å². The zero-order valence-corrected chi connectivity index (χ0v) is 9.99. The number of hydrogen-bond acceptors (Lipinski definition) is 3. The summed E-state index contributed by atoms with van der Waals surface area (Å²) in [5.41, 5.74) is 3.30. The van der Waals surface area contributed by atoms with E-state index < -0.39 is 0 Å². The molecular weight excluding hydrogens is 242 g/mol. The normalized spacial score (nSPS) is 14.0. The molecule has 5 nitrogen and oxygen atoms in total. The van der Waals surface area contributed by atoms with Gasteiger partial charge in [-0.1, -0.05) is 11.6 Å². The summed E-state index contributed by atoms with van der Waals surface area (Å²) in [6.07, 6.45) is 1.71. The van der Waals surface area contributed by atoms with Crippen LogP contribution in [0.3, 0.4) is 0 Å². The van der Waals surface area contributed by atoms with E-state index in [1.165, 1.54) is 0 Å². The lowest BCUT2D eigenvalue weighted by Crippen LogP contribution is -2.40. The first-order valence-corrected chi connectivity index (χ1v) is 5.42. The van der Waals surface area contributed by atoms with Crippen molar-refractivity contribution in [2.24, 2.45) is 0 Å². The summed E-state index contributed by atoms with van der Waals surface area (Å²) < 4.78 is 5.16. The lowest BCUT2D eigenvalue weighted by atomic mass is 10.3. The molecule has 1 aromatic carbocycles. The predicted molar refractivity (Wildman–Crippen MR) is 65.2 cm³/mol. The third-order valence-electron chi connectivity index (χ3n) is 2.12. The Labute approximate surface area is 104 Å². The van der Waals surface area contributed by atoms with Gasteiger partial charge in [0.05, 0.1) is 6.20 Å². The smallest absolute Gasteiger partial charge is 0.338 e. The number of benzene rings is 1. The highest BCUT2D eigenvalue weighted by molar-refractivity contribution is 6.30. The minimum Gasteiger partial charge on any atom is -0.474 e. The standard InChI is InChI=1S/C11H12ClN3O2/c1-8-6-15(7-17-8)14-11(16)13-10-4-2-9(12)3-5-10/h2-6H,7H2,1H3,(H2,13,14,16). The van der Waals surface area contributed by atoms with Gasteiger partial charge < -0.3 is 10.1 Å². The maximum absolute atomic E-state index is 11.6. The Hall–Kier alpha value is -1.88. The Morgan fingerprint density at radius 1 is 1.41 bits per heavy atom. The van der Waals surface area contributed by atoms with Crippen molar-refractivity contribution in [3.05, 3.63) is 41.2 Å². The van der Waals surface area contributed by atoms with Crippen molar-refractivity contribution in [3.63, 3.8) is 0 Å². The molecule has 90 valence electrons. The molecule has 0 radical (unpaired) electrons. The maximum atomic E-state index is 11.6. The summed E-state index contributed by atoms with van der Waals surface area (Å²) >= 11 is 5.74. The number of hydrogen-bond donors (Lipinski definition) is 2. The molecule has 0 unspecified atom stereocenters. The molecule has 1 aliphatic heterocycles. The molecule has 2 N–H and O–H groups in total. The molecule has 0 bridgehead atoms. The van der Waals surface area contributed by atoms with E-state index in [0.29, 0.717) is 17.4 Å². The second kappa shape index (κ2) is 4.97. The molecule has 0 saturated heterocycles. The number of allylic oxidation sites excluding steroid dienone is 1. The van der Waals surface area contributed by atoms with Crippen LogP contribution in [0.4, 0.5) is 10.5 Å². The van der Waals surface area contributed by atoms with Crippen LogP contribution in [0.2, 0.25) is 5.02 Å². The fourth-order valence-corrected chi connectivity index (χ4v) is 1.48. The number of nitrogens with zero attached hydrogens (tertiary/aromatic N) is 1. The minimum atomic E-state index is -0.332. The van der Waals surface area contributed by atoms with Crippen LogP contribution in [0.25, 0.3) is 0 Å². The first-order chi connectivity index (χ1) is 8.13. The van der Waals surface area contributed by atoms with Crippen LogP contribution >= 0.6 is 11.6 Å². The molecule has 0 fully saturated rings. The van der Waals surface area contributed by atoms with Crippen LogP contribution in [0.1, 0.15) is 6.92 Å². The van der Waals surface area contributed by atoms with Crippen LogP contribution in [0.5, 0.6) is 0 Å². The highest BCUT2D eigenvalue weighted by Gasteiger charge is 2.12. The van der Waals surface area contributed by atoms with Crippen LogP contribution in [-0.4, -0.2) is 17.8 Å². The number of amides is 2. The fraction of sp³-hybridized carbons (Fsp3) is 0.182. The zero-order chi connectivity index (χ0) is 12.3. The topological polar surface area (TPSA) is 53.6 Å². The second-order valence-corrected chi connectivity index (χ2v) is 3.99. The van der Waals surface area contributed by atoms with E-state index >= 15 is 0 Å². The van der Waals surface area contributed by atoms with E-state index in [-0.39, 0.29) is 6.03 Å². The van der Waals surface area contributed by atoms with E-state index in [2.05, 4.69) is 10.7 Å². The predicted octanol–water partition coefficient (Wildman–Crippen LogP) is 2.53. The van der Waals surface area contributed by atoms with Crippen LogP contribution < -0.4 is 10.7 Å². The Balaban J connectivity index is 1.87. The lowest BCUT2D eigenvalue weighted by molar-refractivity contribution is 0.126. The summed E-state index contributed by atoms with van der Waals surface area (Å²) in [6.45, 7) is 2.14. The monoisotopic (exact) mass is 253 g/mol. The first kappa shape index (κ1) is 11.6. The van der Waals surface area contributed by atoms with E-state index in [1.807, 2.05) is 6.92 Å². The van der Waals surface area contributed by atoms with Crippen molar-refractivity contribution in [2.75, 3.05) is 12.0 Å². The van der Waals surface area contributed by atoms with Crippen LogP contribution in [0.15, 0.2) is 36.2 Å². The van der Waals surface area contributed by atoms with Crippen molar-refractivity contribution in [1.29, 1.82) is 0 Å². The molecule has 2 rings (SSSR count). The number of carbonyl (C=O) groups excluding carboxylic acids is 1. The lowest BCUT2D eigenvalue weighted by Gasteiger charge is -2.15. The molecule has 1 aliphatic rings. The van der Waals surface area contributed by atoms with Crippen molar-refractivity contribution in [2.45, 2.75) is 6.92 Å². The number of ether oxygens (including phenoxy) is 1. The summed E-state index contributed by atoms with van der Waals surface area (Å²) in [5.74, 6) is 0.761. The van der Waals surface area contributed by atoms with Gasteiger partial charge in [0.25, 0.3) is 0 Å². The molecular formula is C11H12ClN3O2. The number of nitrogens with one attached hydrogen (secondary N) is 2. The Morgan fingerprint density at radius 2 is 2.12 bits per heavy atom. The van der Waals surface area contributed by atoms with Gasteiger partial charge in [0.1, 0.15) is 5.76 Å². The number of rotatable bonds is 2. The molecule has 0 saturated carbocycles. The molecule has 0 aliphatic carbocycles. The first-order valence-electron chi connectivity index (χ1n) is 5.04. The highest BCUT2D eigenvalue weighted by atomic mass is 35.5. The molecule has 6 heteroatoms. The average Bonchev–Trinajstić information content (AvgIpc) is 2.67. The SMILES string of the molecule is CC1=CN(NC(=O)Nc2ccc(Cl)cc2)CO1.